The van der Waals surface area contributed by atoms with Gasteiger partial charge in [-0.05, 0) is 25.9 Å². The summed E-state index contributed by atoms with van der Waals surface area (Å²) in [4.78, 5) is 13.5. The van der Waals surface area contributed by atoms with E-state index in [4.69, 9.17) is 0 Å². The summed E-state index contributed by atoms with van der Waals surface area (Å²) >= 11 is 0. The minimum absolute atomic E-state index is 0.0857. The van der Waals surface area contributed by atoms with Crippen molar-refractivity contribution >= 4 is 5.91 Å². The lowest BCUT2D eigenvalue weighted by Gasteiger charge is -2.28. The Bertz CT molecular complexity index is 202. The van der Waals surface area contributed by atoms with E-state index in [1.165, 1.54) is 0 Å². The first-order valence-electron chi connectivity index (χ1n) is 5.99. The molecule has 0 unspecified atom stereocenters. The second-order valence-electron chi connectivity index (χ2n) is 5.36. The van der Waals surface area contributed by atoms with Crippen LogP contribution in [0.3, 0.4) is 0 Å². The Morgan fingerprint density at radius 2 is 1.94 bits per heavy atom. The zero-order valence-electron chi connectivity index (χ0n) is 11.4. The van der Waals surface area contributed by atoms with Crippen LogP contribution >= 0.6 is 0 Å². The number of carbonyl (C=O) groups excluding carboxylic acids is 1. The average molecular weight is 229 g/mol. The van der Waals surface area contributed by atoms with Gasteiger partial charge in [0.1, 0.15) is 0 Å². The molecule has 0 heterocycles. The van der Waals surface area contributed by atoms with Crippen LogP contribution in [0.1, 0.15) is 27.2 Å². The molecule has 0 saturated carbocycles. The maximum Gasteiger partial charge on any atom is 0.233 e. The molecule has 0 spiro atoms. The Kier molecular flexibility index (Phi) is 7.34. The Morgan fingerprint density at radius 3 is 2.44 bits per heavy atom. The van der Waals surface area contributed by atoms with Crippen LogP contribution in [0.25, 0.3) is 0 Å². The van der Waals surface area contributed by atoms with Crippen molar-refractivity contribution in [2.45, 2.75) is 27.2 Å². The van der Waals surface area contributed by atoms with Crippen molar-refractivity contribution in [1.82, 2.24) is 15.5 Å². The average Bonchev–Trinajstić information content (AvgIpc) is 2.12. The topological polar surface area (TPSA) is 44.4 Å². The van der Waals surface area contributed by atoms with Crippen molar-refractivity contribution < 1.29 is 4.79 Å². The molecular formula is C12H27N3O. The minimum Gasteiger partial charge on any atom is -0.355 e. The molecule has 4 nitrogen and oxygen atoms in total. The van der Waals surface area contributed by atoms with Gasteiger partial charge in [0.25, 0.3) is 0 Å². The standard InChI is InChI=1S/C12H27N3O/c1-6-7-14-11(16)8-13-9-12(2,3)10-15(4)5/h13H,6-10H2,1-5H3,(H,14,16). The van der Waals surface area contributed by atoms with Crippen molar-refractivity contribution in [3.05, 3.63) is 0 Å². The lowest BCUT2D eigenvalue weighted by molar-refractivity contribution is -0.120. The van der Waals surface area contributed by atoms with E-state index in [1.807, 2.05) is 6.92 Å². The van der Waals surface area contributed by atoms with Crippen LogP contribution in [0.4, 0.5) is 0 Å². The third-order valence-corrected chi connectivity index (χ3v) is 2.21. The normalized spacial score (nSPS) is 11.9. The van der Waals surface area contributed by atoms with Crippen molar-refractivity contribution in [2.75, 3.05) is 40.3 Å². The Balaban J connectivity index is 3.67. The molecular weight excluding hydrogens is 202 g/mol. The molecule has 16 heavy (non-hydrogen) atoms. The van der Waals surface area contributed by atoms with Gasteiger partial charge in [-0.25, -0.2) is 0 Å². The molecule has 0 aromatic rings. The van der Waals surface area contributed by atoms with Crippen LogP contribution in [0.2, 0.25) is 0 Å². The van der Waals surface area contributed by atoms with Gasteiger partial charge in [0.15, 0.2) is 0 Å². The van der Waals surface area contributed by atoms with E-state index in [2.05, 4.69) is 43.5 Å². The van der Waals surface area contributed by atoms with E-state index in [9.17, 15) is 4.79 Å². The van der Waals surface area contributed by atoms with E-state index in [0.29, 0.717) is 6.54 Å². The van der Waals surface area contributed by atoms with Gasteiger partial charge in [-0.2, -0.15) is 0 Å². The molecule has 1 amide bonds. The van der Waals surface area contributed by atoms with E-state index >= 15 is 0 Å². The van der Waals surface area contributed by atoms with Crippen LogP contribution < -0.4 is 10.6 Å². The fourth-order valence-corrected chi connectivity index (χ4v) is 1.75. The first-order valence-corrected chi connectivity index (χ1v) is 5.99. The molecule has 0 radical (unpaired) electrons. The fraction of sp³-hybridized carbons (Fsp3) is 0.917. The molecule has 96 valence electrons. The summed E-state index contributed by atoms with van der Waals surface area (Å²) in [6.45, 7) is 9.49. The highest BCUT2D eigenvalue weighted by molar-refractivity contribution is 5.77. The van der Waals surface area contributed by atoms with Crippen LogP contribution in [0.15, 0.2) is 0 Å². The summed E-state index contributed by atoms with van der Waals surface area (Å²) in [5.74, 6) is 0.0857. The summed E-state index contributed by atoms with van der Waals surface area (Å²) in [5, 5.41) is 6.05. The van der Waals surface area contributed by atoms with E-state index < -0.39 is 0 Å². The van der Waals surface area contributed by atoms with Crippen molar-refractivity contribution in [1.29, 1.82) is 0 Å². The van der Waals surface area contributed by atoms with E-state index in [-0.39, 0.29) is 11.3 Å². The predicted octanol–water partition coefficient (Wildman–Crippen LogP) is 0.690. The zero-order valence-corrected chi connectivity index (χ0v) is 11.4. The summed E-state index contributed by atoms with van der Waals surface area (Å²) in [7, 11) is 4.13. The first kappa shape index (κ1) is 15.4. The molecule has 0 atom stereocenters. The monoisotopic (exact) mass is 229 g/mol. The van der Waals surface area contributed by atoms with E-state index in [1.54, 1.807) is 0 Å². The molecule has 4 heteroatoms. The first-order chi connectivity index (χ1) is 7.37. The van der Waals surface area contributed by atoms with Crippen LogP contribution in [0, 0.1) is 5.41 Å². The summed E-state index contributed by atoms with van der Waals surface area (Å²) < 4.78 is 0. The maximum atomic E-state index is 11.3. The third-order valence-electron chi connectivity index (χ3n) is 2.21. The van der Waals surface area contributed by atoms with Crippen molar-refractivity contribution in [2.24, 2.45) is 5.41 Å². The number of nitrogens with one attached hydrogen (secondary N) is 2. The van der Waals surface area contributed by atoms with Crippen LogP contribution in [0.5, 0.6) is 0 Å². The third kappa shape index (κ3) is 8.68. The molecule has 0 rings (SSSR count). The smallest absolute Gasteiger partial charge is 0.233 e. The maximum absolute atomic E-state index is 11.3. The number of amides is 1. The molecule has 0 aromatic carbocycles. The molecule has 2 N–H and O–H groups in total. The van der Waals surface area contributed by atoms with Gasteiger partial charge in [-0.15, -0.1) is 0 Å². The molecule has 0 fully saturated rings. The van der Waals surface area contributed by atoms with Gasteiger partial charge in [0.2, 0.25) is 5.91 Å². The summed E-state index contributed by atoms with van der Waals surface area (Å²) in [5.41, 5.74) is 0.189. The van der Waals surface area contributed by atoms with Gasteiger partial charge < -0.3 is 15.5 Å². The van der Waals surface area contributed by atoms with Gasteiger partial charge in [-0.3, -0.25) is 4.79 Å². The molecule has 0 aliphatic rings. The number of hydrogen-bond donors (Lipinski definition) is 2. The summed E-state index contributed by atoms with van der Waals surface area (Å²) in [6, 6.07) is 0. The molecule has 0 bridgehead atoms. The predicted molar refractivity (Wildman–Crippen MR) is 68.5 cm³/mol. The molecule has 0 aliphatic heterocycles. The Morgan fingerprint density at radius 1 is 1.31 bits per heavy atom. The lowest BCUT2D eigenvalue weighted by atomic mass is 9.93. The van der Waals surface area contributed by atoms with Gasteiger partial charge in [-0.1, -0.05) is 20.8 Å². The van der Waals surface area contributed by atoms with Crippen LogP contribution in [-0.2, 0) is 4.79 Å². The van der Waals surface area contributed by atoms with Crippen molar-refractivity contribution in [3.8, 4) is 0 Å². The van der Waals surface area contributed by atoms with Crippen LogP contribution in [-0.4, -0.2) is 51.1 Å². The van der Waals surface area contributed by atoms with Crippen molar-refractivity contribution in [3.63, 3.8) is 0 Å². The molecule has 0 saturated heterocycles. The highest BCUT2D eigenvalue weighted by atomic mass is 16.1. The van der Waals surface area contributed by atoms with Gasteiger partial charge in [0, 0.05) is 19.6 Å². The number of rotatable bonds is 8. The highest BCUT2D eigenvalue weighted by Crippen LogP contribution is 2.13. The fourth-order valence-electron chi connectivity index (χ4n) is 1.75. The number of nitrogens with zero attached hydrogens (tertiary/aromatic N) is 1. The second kappa shape index (κ2) is 7.63. The molecule has 0 aliphatic carbocycles. The summed E-state index contributed by atoms with van der Waals surface area (Å²) in [6.07, 6.45) is 0.984. The SMILES string of the molecule is CCCNC(=O)CNCC(C)(C)CN(C)C. The number of hydrogen-bond acceptors (Lipinski definition) is 3. The Labute approximate surface area is 99.8 Å². The highest BCUT2D eigenvalue weighted by Gasteiger charge is 2.18. The number of carbonyl (C=O) groups is 1. The minimum atomic E-state index is 0.0857. The Hall–Kier alpha value is -0.610. The van der Waals surface area contributed by atoms with E-state index in [0.717, 1.165) is 26.1 Å². The quantitative estimate of drug-likeness (QED) is 0.644. The second-order valence-corrected chi connectivity index (χ2v) is 5.36. The van der Waals surface area contributed by atoms with Gasteiger partial charge >= 0.3 is 0 Å². The molecule has 0 aromatic heterocycles. The zero-order chi connectivity index (χ0) is 12.6. The lowest BCUT2D eigenvalue weighted by Crippen LogP contribution is -2.41. The van der Waals surface area contributed by atoms with Gasteiger partial charge in [0.05, 0.1) is 6.54 Å². The largest absolute Gasteiger partial charge is 0.355 e.